The third-order valence-corrected chi connectivity index (χ3v) is 2.75. The Bertz CT molecular complexity index is 992. The Labute approximate surface area is 108 Å². The van der Waals surface area contributed by atoms with Gasteiger partial charge in [-0.15, -0.1) is 0 Å². The van der Waals surface area contributed by atoms with Crippen molar-refractivity contribution < 1.29 is 0 Å². The summed E-state index contributed by atoms with van der Waals surface area (Å²) in [7, 11) is 0. The van der Waals surface area contributed by atoms with Crippen LogP contribution >= 0.6 is 0 Å². The molecule has 0 aromatic carbocycles. The summed E-state index contributed by atoms with van der Waals surface area (Å²) in [5, 5.41) is 1.30. The van der Waals surface area contributed by atoms with Crippen molar-refractivity contribution in [2.45, 2.75) is 0 Å². The molecule has 0 aromatic heterocycles. The molecule has 0 fully saturated rings. The molecule has 0 unspecified atom stereocenters. The van der Waals surface area contributed by atoms with E-state index in [1.54, 1.807) is 0 Å². The van der Waals surface area contributed by atoms with Crippen LogP contribution in [0, 0.1) is 20.9 Å². The second-order valence-corrected chi connectivity index (χ2v) is 3.91. The number of rotatable bonds is 0. The molecule has 0 aromatic rings. The van der Waals surface area contributed by atoms with Crippen LogP contribution < -0.4 is 22.2 Å². The molecule has 4 heterocycles. The Morgan fingerprint density at radius 1 is 0.450 bits per heavy atom. The lowest BCUT2D eigenvalue weighted by Gasteiger charge is -1.58. The molecule has 20 heavy (non-hydrogen) atoms. The van der Waals surface area contributed by atoms with E-state index in [4.69, 9.17) is 0 Å². The van der Waals surface area contributed by atoms with Crippen LogP contribution in [0.1, 0.15) is 0 Å². The van der Waals surface area contributed by atoms with Gasteiger partial charge in [0, 0.05) is 24.8 Å². The van der Waals surface area contributed by atoms with E-state index in [9.17, 15) is 19.2 Å². The lowest BCUT2D eigenvalue weighted by Crippen LogP contribution is -1.97. The molecule has 96 valence electrons. The highest BCUT2D eigenvalue weighted by atomic mass is 16.1. The topological polar surface area (TPSA) is 120 Å². The Hall–Kier alpha value is -3.16. The van der Waals surface area contributed by atoms with Crippen LogP contribution in [0.4, 0.5) is 0 Å². The van der Waals surface area contributed by atoms with E-state index in [0.29, 0.717) is 20.9 Å². The largest absolute Gasteiger partial charge is 0.279 e. The van der Waals surface area contributed by atoms with Crippen molar-refractivity contribution in [2.24, 2.45) is 0 Å². The van der Waals surface area contributed by atoms with E-state index in [1.165, 1.54) is 24.8 Å². The van der Waals surface area contributed by atoms with Crippen LogP contribution in [0.25, 0.3) is 0 Å². The van der Waals surface area contributed by atoms with Crippen LogP contribution in [0.5, 0.6) is 0 Å². The minimum atomic E-state index is -0.371. The first-order chi connectivity index (χ1) is 9.58. The van der Waals surface area contributed by atoms with Crippen molar-refractivity contribution in [1.82, 2.24) is 19.9 Å². The predicted molar refractivity (Wildman–Crippen MR) is 64.5 cm³/mol. The summed E-state index contributed by atoms with van der Waals surface area (Å²) in [6, 6.07) is 0. The molecule has 4 aliphatic heterocycles. The third-order valence-electron chi connectivity index (χ3n) is 2.75. The molecule has 4 rings (SSSR count). The molecule has 0 saturated carbocycles. The Morgan fingerprint density at radius 2 is 0.650 bits per heavy atom. The van der Waals surface area contributed by atoms with Crippen molar-refractivity contribution in [1.29, 1.82) is 0 Å². The maximum Gasteiger partial charge on any atom is 0.279 e. The van der Waals surface area contributed by atoms with Crippen LogP contribution in [-0.2, 0) is 0 Å². The van der Waals surface area contributed by atoms with Gasteiger partial charge in [-0.05, 0) is 0 Å². The molecule has 0 atom stereocenters. The molecule has 0 radical (unpaired) electrons. The summed E-state index contributed by atoms with van der Waals surface area (Å²) in [4.78, 5) is 56.5. The van der Waals surface area contributed by atoms with E-state index in [-0.39, 0.29) is 22.2 Å². The average Bonchev–Trinajstić information content (AvgIpc) is 3.13. The Kier molecular flexibility index (Phi) is 2.50. The molecule has 8 nitrogen and oxygen atoms in total. The first-order valence-electron chi connectivity index (χ1n) is 5.40. The summed E-state index contributed by atoms with van der Waals surface area (Å²) in [6.07, 6.45) is 5.03. The second-order valence-electron chi connectivity index (χ2n) is 3.91. The summed E-state index contributed by atoms with van der Waals surface area (Å²) < 4.78 is 0. The van der Waals surface area contributed by atoms with E-state index >= 15 is 0 Å². The summed E-state index contributed by atoms with van der Waals surface area (Å²) >= 11 is 0. The van der Waals surface area contributed by atoms with Crippen molar-refractivity contribution in [2.75, 3.05) is 0 Å². The monoisotopic (exact) mass is 268 g/mol. The van der Waals surface area contributed by atoms with Crippen LogP contribution in [-0.4, -0.2) is 19.9 Å². The zero-order chi connectivity index (χ0) is 14.3. The fourth-order valence-electron chi connectivity index (χ4n) is 1.73. The highest BCUT2D eigenvalue weighted by Crippen LogP contribution is 1.82. The van der Waals surface area contributed by atoms with E-state index in [0.717, 1.165) is 0 Å². The molecular formula is C12H4N4O4. The van der Waals surface area contributed by atoms with Gasteiger partial charge >= 0.3 is 0 Å². The number of nitrogens with zero attached hydrogens (tertiary/aromatic N) is 4. The molecular weight excluding hydrogens is 264 g/mol. The first-order valence-corrected chi connectivity index (χ1v) is 5.40. The van der Waals surface area contributed by atoms with Gasteiger partial charge in [-0.1, -0.05) is 0 Å². The van der Waals surface area contributed by atoms with Gasteiger partial charge in [-0.2, -0.15) is 0 Å². The third kappa shape index (κ3) is 1.70. The highest BCUT2D eigenvalue weighted by molar-refractivity contribution is 5.07. The fraction of sp³-hybridized carbons (Fsp3) is 0. The van der Waals surface area contributed by atoms with E-state index < -0.39 is 0 Å². The Morgan fingerprint density at radius 3 is 0.850 bits per heavy atom. The molecule has 8 heteroatoms. The predicted octanol–water partition coefficient (Wildman–Crippen LogP) is -2.41. The molecule has 0 bridgehead atoms. The van der Waals surface area contributed by atoms with Crippen molar-refractivity contribution in [3.63, 3.8) is 0 Å². The molecule has 0 N–H and O–H groups in total. The van der Waals surface area contributed by atoms with Gasteiger partial charge in [-0.3, -0.25) is 19.2 Å². The maximum absolute atomic E-state index is 10.7. The maximum atomic E-state index is 10.7. The lowest BCUT2D eigenvalue weighted by molar-refractivity contribution is 1.23. The van der Waals surface area contributed by atoms with Gasteiger partial charge < -0.3 is 0 Å². The minimum absolute atomic E-state index is 0.324. The zero-order valence-corrected chi connectivity index (χ0v) is 9.73. The van der Waals surface area contributed by atoms with Crippen molar-refractivity contribution in [3.05, 3.63) is 87.1 Å². The normalized spacial score (nSPS) is 10.8. The second kappa shape index (κ2) is 4.19. The minimum Gasteiger partial charge on any atom is -0.267 e. The van der Waals surface area contributed by atoms with Crippen LogP contribution in [0.2, 0.25) is 0 Å². The molecule has 0 saturated heterocycles. The van der Waals surface area contributed by atoms with Crippen molar-refractivity contribution >= 4 is 0 Å². The average molecular weight is 268 g/mol. The van der Waals surface area contributed by atoms with Crippen LogP contribution in [0.15, 0.2) is 44.0 Å². The van der Waals surface area contributed by atoms with Gasteiger partial charge in [-0.25, -0.2) is 19.9 Å². The number of hydrogen-bond donors (Lipinski definition) is 0. The number of hydrogen-bond acceptors (Lipinski definition) is 8. The van der Waals surface area contributed by atoms with E-state index in [1.807, 2.05) is 0 Å². The van der Waals surface area contributed by atoms with Gasteiger partial charge in [0.25, 0.3) is 22.2 Å². The molecule has 0 aliphatic carbocycles. The van der Waals surface area contributed by atoms with Crippen LogP contribution in [0.3, 0.4) is 0 Å². The molecule has 0 amide bonds. The zero-order valence-electron chi connectivity index (χ0n) is 9.73. The number of aromatic nitrogens is 4. The SMILES string of the molecule is O=c1ncc2c(=O)ncc1=2.O=c1ncc2c(=O)ncc1=2. The first kappa shape index (κ1) is 11.9. The molecule has 0 spiro atoms. The van der Waals surface area contributed by atoms with Gasteiger partial charge in [0.15, 0.2) is 0 Å². The summed E-state index contributed by atoms with van der Waals surface area (Å²) in [6.45, 7) is 0. The standard InChI is InChI=1S/2C6H2N2O2/c2*9-5-3-1-7-6(10)4(3)2-8-5/h2*1-2H. The fourth-order valence-corrected chi connectivity index (χ4v) is 1.73. The van der Waals surface area contributed by atoms with Gasteiger partial charge in [0.2, 0.25) is 0 Å². The highest BCUT2D eigenvalue weighted by Gasteiger charge is 2.01. The lowest BCUT2D eigenvalue weighted by atomic mass is 10.4. The molecule has 4 aliphatic rings. The van der Waals surface area contributed by atoms with Gasteiger partial charge in [0.1, 0.15) is 0 Å². The van der Waals surface area contributed by atoms with Crippen molar-refractivity contribution in [3.8, 4) is 0 Å². The van der Waals surface area contributed by atoms with Gasteiger partial charge in [0.05, 0.1) is 20.9 Å². The Balaban J connectivity index is 0.000000121. The summed E-state index contributed by atoms with van der Waals surface area (Å²) in [5.74, 6) is 0. The summed E-state index contributed by atoms with van der Waals surface area (Å²) in [5.41, 5.74) is -1.48. The smallest absolute Gasteiger partial charge is 0.267 e. The quantitative estimate of drug-likeness (QED) is 0.346. The van der Waals surface area contributed by atoms with E-state index in [2.05, 4.69) is 19.9 Å².